The summed E-state index contributed by atoms with van der Waals surface area (Å²) in [5.41, 5.74) is -0.238. The average Bonchev–Trinajstić information content (AvgIpc) is 3.42. The Bertz CT molecular complexity index is 962. The van der Waals surface area contributed by atoms with Gasteiger partial charge in [0.2, 0.25) is 17.2 Å². The first kappa shape index (κ1) is 17.4. The van der Waals surface area contributed by atoms with Crippen LogP contribution in [0, 0.1) is 6.92 Å². The Morgan fingerprint density at radius 2 is 1.74 bits per heavy atom. The van der Waals surface area contributed by atoms with Crippen molar-refractivity contribution >= 4 is 23.3 Å². The fourth-order valence-corrected chi connectivity index (χ4v) is 4.23. The van der Waals surface area contributed by atoms with Gasteiger partial charge in [-0.3, -0.25) is 14.5 Å². The largest absolute Gasteiger partial charge is 0.467 e. The van der Waals surface area contributed by atoms with Crippen LogP contribution in [-0.4, -0.2) is 36.9 Å². The van der Waals surface area contributed by atoms with E-state index >= 15 is 0 Å². The van der Waals surface area contributed by atoms with Gasteiger partial charge in [-0.05, 0) is 24.6 Å². The number of rotatable bonds is 3. The van der Waals surface area contributed by atoms with Gasteiger partial charge in [0, 0.05) is 19.0 Å². The first-order valence-corrected chi connectivity index (χ1v) is 8.75. The first-order chi connectivity index (χ1) is 12.9. The van der Waals surface area contributed by atoms with E-state index in [1.807, 2.05) is 31.2 Å². The van der Waals surface area contributed by atoms with E-state index in [1.54, 1.807) is 24.3 Å². The van der Waals surface area contributed by atoms with Gasteiger partial charge in [0.1, 0.15) is 0 Å². The summed E-state index contributed by atoms with van der Waals surface area (Å²) in [5, 5.41) is 3.22. The summed E-state index contributed by atoms with van der Waals surface area (Å²) < 4.78 is 5.10. The zero-order valence-corrected chi connectivity index (χ0v) is 15.4. The van der Waals surface area contributed by atoms with Crippen LogP contribution in [0.15, 0.2) is 48.5 Å². The highest BCUT2D eigenvalue weighted by molar-refractivity contribution is 6.31. The average molecular weight is 364 g/mol. The summed E-state index contributed by atoms with van der Waals surface area (Å²) in [6.45, 7) is 3.71. The second-order valence-corrected chi connectivity index (χ2v) is 7.03. The molecule has 2 aliphatic heterocycles. The molecule has 2 aromatic rings. The quantitative estimate of drug-likeness (QED) is 0.511. The molecule has 2 aliphatic rings. The van der Waals surface area contributed by atoms with Crippen LogP contribution < -0.4 is 10.2 Å². The Labute approximate surface area is 157 Å². The number of carbonyl (C=O) groups is 3. The lowest BCUT2D eigenvalue weighted by Crippen LogP contribution is -2.67. The molecule has 2 aromatic carbocycles. The minimum atomic E-state index is -1.81. The molecule has 6 nitrogen and oxygen atoms in total. The molecule has 1 fully saturated rings. The normalized spacial score (nSPS) is 25.9. The monoisotopic (exact) mass is 364 g/mol. The molecule has 0 bridgehead atoms. The van der Waals surface area contributed by atoms with Crippen molar-refractivity contribution in [2.75, 3.05) is 18.6 Å². The van der Waals surface area contributed by atoms with Crippen molar-refractivity contribution in [2.45, 2.75) is 24.9 Å². The van der Waals surface area contributed by atoms with Crippen molar-refractivity contribution < 1.29 is 19.1 Å². The number of nitrogens with one attached hydrogen (secondary N) is 1. The molecule has 27 heavy (non-hydrogen) atoms. The molecule has 0 spiro atoms. The Kier molecular flexibility index (Phi) is 3.71. The van der Waals surface area contributed by atoms with E-state index in [-0.39, 0.29) is 5.91 Å². The number of hydrogen-bond acceptors (Lipinski definition) is 5. The van der Waals surface area contributed by atoms with Gasteiger partial charge in [0.15, 0.2) is 0 Å². The molecule has 0 saturated carbocycles. The highest BCUT2D eigenvalue weighted by atomic mass is 16.5. The number of benzene rings is 2. The van der Waals surface area contributed by atoms with Crippen LogP contribution in [0.4, 0.5) is 5.69 Å². The van der Waals surface area contributed by atoms with E-state index < -0.39 is 22.8 Å². The molecule has 6 heteroatoms. The van der Waals surface area contributed by atoms with Crippen molar-refractivity contribution in [3.05, 3.63) is 65.2 Å². The molecular weight excluding hydrogens is 344 g/mol. The number of ketones is 1. The maximum Gasteiger partial charge on any atom is 0.342 e. The number of para-hydroxylation sites is 1. The van der Waals surface area contributed by atoms with Crippen LogP contribution in [-0.2, 0) is 19.9 Å². The Balaban J connectivity index is 2.02. The fraction of sp³-hybridized carbons (Fsp3) is 0.286. The predicted octanol–water partition coefficient (Wildman–Crippen LogP) is 1.95. The minimum absolute atomic E-state index is 0.346. The van der Waals surface area contributed by atoms with Gasteiger partial charge >= 0.3 is 5.97 Å². The smallest absolute Gasteiger partial charge is 0.342 e. The molecule has 4 rings (SSSR count). The number of hydrogen-bond donors (Lipinski definition) is 1. The van der Waals surface area contributed by atoms with Crippen molar-refractivity contribution in [1.82, 2.24) is 5.32 Å². The third-order valence-corrected chi connectivity index (χ3v) is 5.54. The number of anilines is 1. The van der Waals surface area contributed by atoms with Gasteiger partial charge in [-0.25, -0.2) is 4.79 Å². The summed E-state index contributed by atoms with van der Waals surface area (Å²) in [6.07, 6.45) is 0. The second-order valence-electron chi connectivity index (χ2n) is 7.03. The van der Waals surface area contributed by atoms with Crippen LogP contribution in [0.3, 0.4) is 0 Å². The molecule has 1 saturated heterocycles. The Morgan fingerprint density at radius 3 is 2.30 bits per heavy atom. The minimum Gasteiger partial charge on any atom is -0.467 e. The molecule has 2 heterocycles. The SMILES string of the molecule is COC(=O)C1(C2(c3ccc(C)cc3)CN2)C(=O)c2ccccc2N1C(C)=O. The van der Waals surface area contributed by atoms with Gasteiger partial charge in [-0.2, -0.15) is 0 Å². The van der Waals surface area contributed by atoms with E-state index in [2.05, 4.69) is 5.32 Å². The zero-order valence-electron chi connectivity index (χ0n) is 15.4. The maximum absolute atomic E-state index is 13.6. The molecule has 0 aliphatic carbocycles. The number of esters is 1. The van der Waals surface area contributed by atoms with Crippen LogP contribution in [0.5, 0.6) is 0 Å². The van der Waals surface area contributed by atoms with E-state index in [1.165, 1.54) is 18.9 Å². The third kappa shape index (κ3) is 2.07. The second kappa shape index (κ2) is 5.76. The number of nitrogens with zero attached hydrogens (tertiary/aromatic N) is 1. The lowest BCUT2D eigenvalue weighted by atomic mass is 9.74. The highest BCUT2D eigenvalue weighted by Crippen LogP contribution is 2.53. The zero-order chi connectivity index (χ0) is 19.4. The van der Waals surface area contributed by atoms with Gasteiger partial charge in [0.25, 0.3) is 0 Å². The number of fused-ring (bicyclic) bond motifs is 1. The van der Waals surface area contributed by atoms with Crippen LogP contribution in [0.1, 0.15) is 28.4 Å². The van der Waals surface area contributed by atoms with Crippen molar-refractivity contribution in [2.24, 2.45) is 0 Å². The summed E-state index contributed by atoms with van der Waals surface area (Å²) in [4.78, 5) is 40.8. The van der Waals surface area contributed by atoms with Crippen molar-refractivity contribution in [1.29, 1.82) is 0 Å². The molecule has 2 unspecified atom stereocenters. The number of amides is 1. The summed E-state index contributed by atoms with van der Waals surface area (Å²) in [7, 11) is 1.24. The van der Waals surface area contributed by atoms with Gasteiger partial charge in [0.05, 0.1) is 18.3 Å². The molecule has 1 amide bonds. The summed E-state index contributed by atoms with van der Waals surface area (Å²) in [5.74, 6) is -1.56. The van der Waals surface area contributed by atoms with Crippen molar-refractivity contribution in [3.8, 4) is 0 Å². The van der Waals surface area contributed by atoms with E-state index in [0.717, 1.165) is 11.1 Å². The maximum atomic E-state index is 13.6. The molecule has 0 radical (unpaired) electrons. The molecule has 0 aromatic heterocycles. The van der Waals surface area contributed by atoms with Gasteiger partial charge in [-0.1, -0.05) is 42.0 Å². The number of carbonyl (C=O) groups excluding carboxylic acids is 3. The number of ether oxygens (including phenoxy) is 1. The molecule has 138 valence electrons. The summed E-state index contributed by atoms with van der Waals surface area (Å²) >= 11 is 0. The lowest BCUT2D eigenvalue weighted by molar-refractivity contribution is -0.147. The molecular formula is C21H20N2O4. The van der Waals surface area contributed by atoms with Gasteiger partial charge < -0.3 is 10.1 Å². The van der Waals surface area contributed by atoms with Gasteiger partial charge in [-0.15, -0.1) is 0 Å². The van der Waals surface area contributed by atoms with Crippen LogP contribution in [0.2, 0.25) is 0 Å². The highest BCUT2D eigenvalue weighted by Gasteiger charge is 2.75. The van der Waals surface area contributed by atoms with Crippen LogP contribution >= 0.6 is 0 Å². The predicted molar refractivity (Wildman–Crippen MR) is 99.5 cm³/mol. The molecule has 1 N–H and O–H groups in total. The fourth-order valence-electron chi connectivity index (χ4n) is 4.23. The first-order valence-electron chi connectivity index (χ1n) is 8.75. The number of aryl methyl sites for hydroxylation is 1. The van der Waals surface area contributed by atoms with E-state index in [9.17, 15) is 14.4 Å². The summed E-state index contributed by atoms with van der Waals surface area (Å²) in [6, 6.07) is 14.4. The molecule has 2 atom stereocenters. The van der Waals surface area contributed by atoms with Crippen molar-refractivity contribution in [3.63, 3.8) is 0 Å². The van der Waals surface area contributed by atoms with E-state index in [0.29, 0.717) is 17.8 Å². The topological polar surface area (TPSA) is 85.6 Å². The number of methoxy groups -OCH3 is 1. The number of Topliss-reactive ketones (excluding diaryl/α,β-unsaturated/α-hetero) is 1. The lowest BCUT2D eigenvalue weighted by Gasteiger charge is -2.40. The Morgan fingerprint density at radius 1 is 1.11 bits per heavy atom. The Hall–Kier alpha value is -2.99. The van der Waals surface area contributed by atoms with Crippen LogP contribution in [0.25, 0.3) is 0 Å². The van der Waals surface area contributed by atoms with E-state index in [4.69, 9.17) is 4.74 Å². The third-order valence-electron chi connectivity index (χ3n) is 5.54. The standard InChI is InChI=1S/C21H20N2O4/c1-13-8-10-15(11-9-13)20(12-22-20)21(19(26)27-3)18(25)16-6-4-5-7-17(16)23(21)14(2)24/h4-11,22H,12H2,1-3H3.